The molecule has 0 aromatic carbocycles. The molecular weight excluding hydrogens is 326 g/mol. The van der Waals surface area contributed by atoms with Crippen LogP contribution in [0, 0.1) is 10.1 Å². The van der Waals surface area contributed by atoms with Gasteiger partial charge in [-0.05, 0) is 31.4 Å². The van der Waals surface area contributed by atoms with Crippen molar-refractivity contribution in [3.05, 3.63) is 40.0 Å². The van der Waals surface area contributed by atoms with Gasteiger partial charge in [0.05, 0.1) is 11.2 Å². The first-order chi connectivity index (χ1) is 12.0. The molecule has 2 aromatic rings. The van der Waals surface area contributed by atoms with Crippen LogP contribution < -0.4 is 5.32 Å². The van der Waals surface area contributed by atoms with E-state index in [1.54, 1.807) is 24.1 Å². The standard InChI is InChI=1S/C16H21N5O4/c1-3-12-14(21(23)24)15(19(2)18-12)17-11-6-8-20(9-7-11)16(22)13-5-4-10-25-13/h4-5,10-11,17H,3,6-9H2,1-2H3. The summed E-state index contributed by atoms with van der Waals surface area (Å²) >= 11 is 0. The van der Waals surface area contributed by atoms with Crippen molar-refractivity contribution < 1.29 is 14.1 Å². The number of carbonyl (C=O) groups is 1. The van der Waals surface area contributed by atoms with E-state index >= 15 is 0 Å². The molecule has 1 amide bonds. The highest BCUT2D eigenvalue weighted by Crippen LogP contribution is 2.30. The summed E-state index contributed by atoms with van der Waals surface area (Å²) in [5, 5.41) is 18.9. The summed E-state index contributed by atoms with van der Waals surface area (Å²) in [6.45, 7) is 2.99. The molecule has 3 rings (SSSR count). The fraction of sp³-hybridized carbons (Fsp3) is 0.500. The number of amides is 1. The van der Waals surface area contributed by atoms with Crippen molar-refractivity contribution in [2.75, 3.05) is 18.4 Å². The summed E-state index contributed by atoms with van der Waals surface area (Å²) in [6.07, 6.45) is 3.39. The quantitative estimate of drug-likeness (QED) is 0.656. The molecule has 0 spiro atoms. The number of hydrogen-bond donors (Lipinski definition) is 1. The van der Waals surface area contributed by atoms with Gasteiger partial charge >= 0.3 is 5.69 Å². The topological polar surface area (TPSA) is 106 Å². The van der Waals surface area contributed by atoms with Crippen LogP contribution in [0.5, 0.6) is 0 Å². The third-order valence-corrected chi connectivity index (χ3v) is 4.46. The van der Waals surface area contributed by atoms with Crippen molar-refractivity contribution in [3.8, 4) is 0 Å². The van der Waals surface area contributed by atoms with Crippen molar-refractivity contribution in [2.24, 2.45) is 7.05 Å². The number of aromatic nitrogens is 2. The van der Waals surface area contributed by atoms with Crippen LogP contribution in [0.1, 0.15) is 36.0 Å². The lowest BCUT2D eigenvalue weighted by Gasteiger charge is -2.32. The molecule has 0 bridgehead atoms. The number of nitrogens with zero attached hydrogens (tertiary/aromatic N) is 4. The second kappa shape index (κ2) is 6.96. The summed E-state index contributed by atoms with van der Waals surface area (Å²) in [7, 11) is 1.70. The highest BCUT2D eigenvalue weighted by Gasteiger charge is 2.30. The van der Waals surface area contributed by atoms with Gasteiger partial charge in [-0.25, -0.2) is 4.68 Å². The van der Waals surface area contributed by atoms with E-state index in [9.17, 15) is 14.9 Å². The number of likely N-dealkylation sites (tertiary alicyclic amines) is 1. The predicted molar refractivity (Wildman–Crippen MR) is 90.5 cm³/mol. The lowest BCUT2D eigenvalue weighted by Crippen LogP contribution is -2.42. The van der Waals surface area contributed by atoms with Crippen molar-refractivity contribution in [1.82, 2.24) is 14.7 Å². The van der Waals surface area contributed by atoms with Gasteiger partial charge in [-0.2, -0.15) is 5.10 Å². The molecule has 0 unspecified atom stereocenters. The van der Waals surface area contributed by atoms with Crippen molar-refractivity contribution in [1.29, 1.82) is 0 Å². The Morgan fingerprint density at radius 2 is 2.20 bits per heavy atom. The van der Waals surface area contributed by atoms with Crippen LogP contribution in [-0.4, -0.2) is 44.6 Å². The third-order valence-electron chi connectivity index (χ3n) is 4.46. The smallest absolute Gasteiger partial charge is 0.333 e. The Bertz CT molecular complexity index is 760. The summed E-state index contributed by atoms with van der Waals surface area (Å²) in [4.78, 5) is 25.0. The minimum atomic E-state index is -0.385. The Kier molecular flexibility index (Phi) is 4.73. The van der Waals surface area contributed by atoms with E-state index in [0.717, 1.165) is 0 Å². The molecule has 1 saturated heterocycles. The number of hydrogen-bond acceptors (Lipinski definition) is 6. The fourth-order valence-corrected chi connectivity index (χ4v) is 3.14. The van der Waals surface area contributed by atoms with Gasteiger partial charge in [0.25, 0.3) is 5.91 Å². The van der Waals surface area contributed by atoms with Gasteiger partial charge in [0, 0.05) is 26.2 Å². The average Bonchev–Trinajstić information content (AvgIpc) is 3.23. The Morgan fingerprint density at radius 3 is 2.76 bits per heavy atom. The Labute approximate surface area is 144 Å². The Hall–Kier alpha value is -2.84. The second-order valence-corrected chi connectivity index (χ2v) is 6.07. The van der Waals surface area contributed by atoms with Gasteiger partial charge in [0.1, 0.15) is 5.69 Å². The summed E-state index contributed by atoms with van der Waals surface area (Å²) < 4.78 is 6.68. The molecule has 9 heteroatoms. The average molecular weight is 347 g/mol. The molecule has 1 fully saturated rings. The van der Waals surface area contributed by atoms with E-state index in [0.29, 0.717) is 49.6 Å². The van der Waals surface area contributed by atoms with E-state index < -0.39 is 0 Å². The summed E-state index contributed by atoms with van der Waals surface area (Å²) in [5.41, 5.74) is 0.513. The number of nitrogens with one attached hydrogen (secondary N) is 1. The van der Waals surface area contributed by atoms with Gasteiger partial charge in [-0.15, -0.1) is 0 Å². The minimum absolute atomic E-state index is 0.0408. The lowest BCUT2D eigenvalue weighted by atomic mass is 10.0. The van der Waals surface area contributed by atoms with Crippen LogP contribution in [0.25, 0.3) is 0 Å². The number of piperidine rings is 1. The third kappa shape index (κ3) is 3.35. The van der Waals surface area contributed by atoms with E-state index in [2.05, 4.69) is 10.4 Å². The first kappa shape index (κ1) is 17.0. The predicted octanol–water partition coefficient (Wildman–Crippen LogP) is 2.20. The van der Waals surface area contributed by atoms with Crippen molar-refractivity contribution in [3.63, 3.8) is 0 Å². The van der Waals surface area contributed by atoms with Crippen molar-refractivity contribution >= 4 is 17.4 Å². The zero-order chi connectivity index (χ0) is 18.0. The van der Waals surface area contributed by atoms with Gasteiger partial charge in [0.15, 0.2) is 5.76 Å². The van der Waals surface area contributed by atoms with Crippen LogP contribution >= 0.6 is 0 Å². The van der Waals surface area contributed by atoms with Crippen LogP contribution in [0.15, 0.2) is 22.8 Å². The van der Waals surface area contributed by atoms with Crippen LogP contribution in [-0.2, 0) is 13.5 Å². The molecule has 1 N–H and O–H groups in total. The maximum absolute atomic E-state index is 12.3. The zero-order valence-corrected chi connectivity index (χ0v) is 14.3. The number of anilines is 1. The molecule has 25 heavy (non-hydrogen) atoms. The normalized spacial score (nSPS) is 15.4. The van der Waals surface area contributed by atoms with E-state index in [4.69, 9.17) is 4.42 Å². The highest BCUT2D eigenvalue weighted by molar-refractivity contribution is 5.91. The molecule has 9 nitrogen and oxygen atoms in total. The lowest BCUT2D eigenvalue weighted by molar-refractivity contribution is -0.384. The molecule has 0 aliphatic carbocycles. The van der Waals surface area contributed by atoms with E-state index in [-0.39, 0.29) is 22.6 Å². The number of furan rings is 1. The summed E-state index contributed by atoms with van der Waals surface area (Å²) in [6, 6.07) is 3.39. The SMILES string of the molecule is CCc1nn(C)c(NC2CCN(C(=O)c3ccco3)CC2)c1[N+](=O)[O-]. The molecule has 0 radical (unpaired) electrons. The van der Waals surface area contributed by atoms with E-state index in [1.165, 1.54) is 10.9 Å². The van der Waals surface area contributed by atoms with Crippen molar-refractivity contribution in [2.45, 2.75) is 32.2 Å². The fourth-order valence-electron chi connectivity index (χ4n) is 3.14. The molecule has 0 atom stereocenters. The number of nitro groups is 1. The molecular formula is C16H21N5O4. The van der Waals surface area contributed by atoms with Gasteiger partial charge in [-0.1, -0.05) is 6.92 Å². The molecule has 0 saturated carbocycles. The molecule has 2 aromatic heterocycles. The van der Waals surface area contributed by atoms with Crippen LogP contribution in [0.3, 0.4) is 0 Å². The molecule has 134 valence electrons. The minimum Gasteiger partial charge on any atom is -0.459 e. The monoisotopic (exact) mass is 347 g/mol. The maximum atomic E-state index is 12.3. The number of carbonyl (C=O) groups excluding carboxylic acids is 1. The highest BCUT2D eigenvalue weighted by atomic mass is 16.6. The Morgan fingerprint density at radius 1 is 1.48 bits per heavy atom. The van der Waals surface area contributed by atoms with Crippen LogP contribution in [0.4, 0.5) is 11.5 Å². The van der Waals surface area contributed by atoms with Gasteiger partial charge in [0.2, 0.25) is 5.82 Å². The largest absolute Gasteiger partial charge is 0.459 e. The first-order valence-corrected chi connectivity index (χ1v) is 8.30. The summed E-state index contributed by atoms with van der Waals surface area (Å²) in [5.74, 6) is 0.641. The maximum Gasteiger partial charge on any atom is 0.333 e. The number of aryl methyl sites for hydroxylation is 2. The molecule has 3 heterocycles. The zero-order valence-electron chi connectivity index (χ0n) is 14.3. The first-order valence-electron chi connectivity index (χ1n) is 8.30. The van der Waals surface area contributed by atoms with Gasteiger partial charge < -0.3 is 14.6 Å². The molecule has 1 aliphatic rings. The molecule has 1 aliphatic heterocycles. The van der Waals surface area contributed by atoms with E-state index in [1.807, 2.05) is 6.92 Å². The van der Waals surface area contributed by atoms with Gasteiger partial charge in [-0.3, -0.25) is 14.9 Å². The second-order valence-electron chi connectivity index (χ2n) is 6.07. The Balaban J connectivity index is 1.66. The number of rotatable bonds is 5. The van der Waals surface area contributed by atoms with Crippen LogP contribution in [0.2, 0.25) is 0 Å².